The maximum Gasteiger partial charge on any atom is 0.360 e. The van der Waals surface area contributed by atoms with Crippen molar-refractivity contribution in [1.82, 2.24) is 0 Å². The van der Waals surface area contributed by atoms with Gasteiger partial charge in [0.1, 0.15) is 12.4 Å². The normalized spacial score (nSPS) is 21.8. The number of nitrogens with zero attached hydrogens (tertiary/aromatic N) is 2. The lowest BCUT2D eigenvalue weighted by Gasteiger charge is -2.34. The smallest absolute Gasteiger partial charge is 0.360 e. The molecule has 0 aromatic heterocycles. The lowest BCUT2D eigenvalue weighted by Crippen LogP contribution is -2.58. The third kappa shape index (κ3) is 6.28. The number of hydrogen-bond donors (Lipinski definition) is 2. The number of aliphatic carboxylic acids is 1. The van der Waals surface area contributed by atoms with E-state index in [-0.39, 0.29) is 17.2 Å². The van der Waals surface area contributed by atoms with Crippen molar-refractivity contribution in [1.29, 1.82) is 0 Å². The zero-order valence-electron chi connectivity index (χ0n) is 14.6. The molecule has 0 saturated heterocycles. The largest absolute Gasteiger partial charge is 0.477 e. The molecule has 2 atom stereocenters. The van der Waals surface area contributed by atoms with Crippen LogP contribution in [-0.2, 0) is 4.79 Å². The van der Waals surface area contributed by atoms with Crippen LogP contribution in [0.4, 0.5) is 0 Å². The van der Waals surface area contributed by atoms with Crippen molar-refractivity contribution in [2.75, 3.05) is 6.54 Å². The molecule has 0 radical (unpaired) electrons. The third-order valence-corrected chi connectivity index (χ3v) is 4.35. The second-order valence-electron chi connectivity index (χ2n) is 6.30. The maximum atomic E-state index is 11.2. The lowest BCUT2D eigenvalue weighted by molar-refractivity contribution is -0.805. The van der Waals surface area contributed by atoms with E-state index in [1.54, 1.807) is 12.4 Å². The summed E-state index contributed by atoms with van der Waals surface area (Å²) in [6.45, 7) is 4.00. The number of hydrogen-bond acceptors (Lipinski definition) is 3. The molecule has 2 unspecified atom stereocenters. The van der Waals surface area contributed by atoms with Gasteiger partial charge in [-0.15, -0.1) is 0 Å². The molecule has 0 fully saturated rings. The van der Waals surface area contributed by atoms with Gasteiger partial charge >= 0.3 is 5.97 Å². The molecular formula is C18H32N3O2+. The third-order valence-electron chi connectivity index (χ3n) is 4.35. The van der Waals surface area contributed by atoms with E-state index in [0.29, 0.717) is 6.42 Å². The number of allylic oxidation sites excluding steroid dienone is 1. The van der Waals surface area contributed by atoms with Crippen LogP contribution in [0.5, 0.6) is 0 Å². The standard InChI is InChI=1S/C18H31N3O2/c1-3-4-5-6-7-8-9-10-11-12-17-20-13-14-21(17,16(2)19)15-18(22)23/h10-11,13-14,16H,3-9,12,15,19H2,1-2H3/p+1/b11-10+. The van der Waals surface area contributed by atoms with Gasteiger partial charge in [0.2, 0.25) is 5.84 Å². The van der Waals surface area contributed by atoms with Gasteiger partial charge in [0, 0.05) is 6.92 Å². The Labute approximate surface area is 140 Å². The molecule has 0 aromatic rings. The summed E-state index contributed by atoms with van der Waals surface area (Å²) in [6, 6.07) is 0. The SMILES string of the molecule is CCCCCCCC/C=C/CC1=NC=C[N+]1(CC(=O)O)C(C)N. The summed E-state index contributed by atoms with van der Waals surface area (Å²) in [5.41, 5.74) is 6.03. The average molecular weight is 322 g/mol. The average Bonchev–Trinajstić information content (AvgIpc) is 2.89. The highest BCUT2D eigenvalue weighted by molar-refractivity contribution is 5.82. The molecule has 0 saturated carbocycles. The van der Waals surface area contributed by atoms with E-state index in [9.17, 15) is 4.79 Å². The van der Waals surface area contributed by atoms with Crippen LogP contribution in [0.3, 0.4) is 0 Å². The number of aliphatic imine (C=N–C) groups is 1. The molecule has 0 aliphatic carbocycles. The number of unbranched alkanes of at least 4 members (excludes halogenated alkanes) is 6. The second-order valence-corrected chi connectivity index (χ2v) is 6.30. The van der Waals surface area contributed by atoms with Crippen LogP contribution in [0.15, 0.2) is 29.5 Å². The summed E-state index contributed by atoms with van der Waals surface area (Å²) in [5.74, 6) is -0.0563. The Kier molecular flexibility index (Phi) is 8.81. The maximum absolute atomic E-state index is 11.2. The Morgan fingerprint density at radius 1 is 1.30 bits per heavy atom. The van der Waals surface area contributed by atoms with Crippen molar-refractivity contribution in [2.24, 2.45) is 10.7 Å². The topological polar surface area (TPSA) is 75.7 Å². The molecule has 1 aliphatic rings. The number of carboxylic acid groups (broad SMARTS) is 1. The molecule has 0 bridgehead atoms. The van der Waals surface area contributed by atoms with E-state index in [4.69, 9.17) is 10.8 Å². The van der Waals surface area contributed by atoms with Crippen LogP contribution in [0.2, 0.25) is 0 Å². The van der Waals surface area contributed by atoms with E-state index >= 15 is 0 Å². The molecule has 0 amide bonds. The van der Waals surface area contributed by atoms with Crippen molar-refractivity contribution in [2.45, 2.75) is 71.4 Å². The minimum Gasteiger partial charge on any atom is -0.477 e. The van der Waals surface area contributed by atoms with Gasteiger partial charge in [-0.05, 0) is 12.8 Å². The van der Waals surface area contributed by atoms with E-state index in [1.165, 1.54) is 38.5 Å². The van der Waals surface area contributed by atoms with Crippen molar-refractivity contribution in [3.8, 4) is 0 Å². The molecular weight excluding hydrogens is 290 g/mol. The van der Waals surface area contributed by atoms with Crippen LogP contribution in [-0.4, -0.2) is 34.1 Å². The number of amidine groups is 1. The molecule has 1 heterocycles. The summed E-state index contributed by atoms with van der Waals surface area (Å²) in [6.07, 6.45) is 16.9. The highest BCUT2D eigenvalue weighted by Crippen LogP contribution is 2.22. The Morgan fingerprint density at radius 3 is 2.65 bits per heavy atom. The molecule has 23 heavy (non-hydrogen) atoms. The molecule has 130 valence electrons. The summed E-state index contributed by atoms with van der Waals surface area (Å²) in [5, 5.41) is 9.16. The van der Waals surface area contributed by atoms with Crippen LogP contribution in [0.1, 0.15) is 65.2 Å². The van der Waals surface area contributed by atoms with Gasteiger partial charge in [0.15, 0.2) is 6.54 Å². The zero-order chi connectivity index (χ0) is 17.1. The fraction of sp³-hybridized carbons (Fsp3) is 0.667. The van der Waals surface area contributed by atoms with Gasteiger partial charge in [-0.1, -0.05) is 51.2 Å². The minimum atomic E-state index is -0.863. The quantitative estimate of drug-likeness (QED) is 0.326. The van der Waals surface area contributed by atoms with Crippen molar-refractivity contribution >= 4 is 11.8 Å². The monoisotopic (exact) mass is 322 g/mol. The van der Waals surface area contributed by atoms with E-state index in [1.807, 2.05) is 6.92 Å². The Morgan fingerprint density at radius 2 is 2.00 bits per heavy atom. The first-order valence-electron chi connectivity index (χ1n) is 8.77. The first-order valence-corrected chi connectivity index (χ1v) is 8.77. The van der Waals surface area contributed by atoms with Gasteiger partial charge in [-0.25, -0.2) is 14.3 Å². The summed E-state index contributed by atoms with van der Waals surface area (Å²) in [4.78, 5) is 15.5. The first-order chi connectivity index (χ1) is 11.0. The van der Waals surface area contributed by atoms with E-state index in [2.05, 4.69) is 24.1 Å². The van der Waals surface area contributed by atoms with Gasteiger partial charge in [-0.2, -0.15) is 0 Å². The van der Waals surface area contributed by atoms with Gasteiger partial charge < -0.3 is 5.11 Å². The molecule has 1 rings (SSSR count). The molecule has 1 aliphatic heterocycles. The second kappa shape index (κ2) is 10.3. The molecule has 3 N–H and O–H groups in total. The van der Waals surface area contributed by atoms with Crippen LogP contribution >= 0.6 is 0 Å². The number of quaternary nitrogens is 1. The van der Waals surface area contributed by atoms with Crippen LogP contribution in [0.25, 0.3) is 0 Å². The van der Waals surface area contributed by atoms with Crippen molar-refractivity contribution in [3.63, 3.8) is 0 Å². The number of carboxylic acids is 1. The lowest BCUT2D eigenvalue weighted by atomic mass is 10.1. The molecule has 0 aromatic carbocycles. The Balaban J connectivity index is 2.38. The number of nitrogens with two attached hydrogens (primary N) is 1. The summed E-state index contributed by atoms with van der Waals surface area (Å²) >= 11 is 0. The predicted molar refractivity (Wildman–Crippen MR) is 94.7 cm³/mol. The van der Waals surface area contributed by atoms with Crippen molar-refractivity contribution < 1.29 is 14.4 Å². The number of carbonyl (C=O) groups is 1. The highest BCUT2D eigenvalue weighted by Gasteiger charge is 2.40. The van der Waals surface area contributed by atoms with Crippen molar-refractivity contribution in [3.05, 3.63) is 24.6 Å². The first kappa shape index (κ1) is 19.6. The van der Waals surface area contributed by atoms with Crippen LogP contribution < -0.4 is 5.73 Å². The molecule has 0 spiro atoms. The summed E-state index contributed by atoms with van der Waals surface area (Å²) < 4.78 is 0.122. The highest BCUT2D eigenvalue weighted by atomic mass is 16.4. The van der Waals surface area contributed by atoms with E-state index in [0.717, 1.165) is 12.3 Å². The minimum absolute atomic E-state index is 0.0573. The summed E-state index contributed by atoms with van der Waals surface area (Å²) in [7, 11) is 0. The molecule has 5 nitrogen and oxygen atoms in total. The molecule has 5 heteroatoms. The van der Waals surface area contributed by atoms with Gasteiger partial charge in [-0.3, -0.25) is 5.73 Å². The van der Waals surface area contributed by atoms with Gasteiger partial charge in [0.05, 0.1) is 12.6 Å². The van der Waals surface area contributed by atoms with Crippen LogP contribution in [0, 0.1) is 0 Å². The van der Waals surface area contributed by atoms with E-state index < -0.39 is 5.97 Å². The zero-order valence-corrected chi connectivity index (χ0v) is 14.6. The fourth-order valence-electron chi connectivity index (χ4n) is 2.89. The van der Waals surface area contributed by atoms with Gasteiger partial charge in [0.25, 0.3) is 0 Å². The Bertz CT molecular complexity index is 455. The number of rotatable bonds is 12. The Hall–Kier alpha value is -1.46. The fourth-order valence-corrected chi connectivity index (χ4v) is 2.89. The predicted octanol–water partition coefficient (Wildman–Crippen LogP) is 3.77.